The summed E-state index contributed by atoms with van der Waals surface area (Å²) >= 11 is 4.95. The first-order chi connectivity index (χ1) is 9.80. The van der Waals surface area contributed by atoms with Crippen molar-refractivity contribution in [1.82, 2.24) is 4.98 Å². The van der Waals surface area contributed by atoms with Crippen LogP contribution in [0.4, 0.5) is 24.7 Å². The van der Waals surface area contributed by atoms with Crippen LogP contribution in [0.25, 0.3) is 0 Å². The molecule has 0 amide bonds. The lowest BCUT2D eigenvalue weighted by molar-refractivity contribution is -0.141. The van der Waals surface area contributed by atoms with Crippen molar-refractivity contribution >= 4 is 28.7 Å². The van der Waals surface area contributed by atoms with Crippen molar-refractivity contribution in [2.45, 2.75) is 6.18 Å². The fourth-order valence-electron chi connectivity index (χ4n) is 1.87. The fraction of sp³-hybridized carbons (Fsp3) is 0.143. The minimum atomic E-state index is -4.49. The lowest BCUT2D eigenvalue weighted by Gasteiger charge is -2.22. The molecule has 3 nitrogen and oxygen atoms in total. The minimum absolute atomic E-state index is 0.161. The molecule has 0 unspecified atom stereocenters. The van der Waals surface area contributed by atoms with Gasteiger partial charge in [0.1, 0.15) is 16.5 Å². The summed E-state index contributed by atoms with van der Waals surface area (Å²) in [7, 11) is 1.61. The van der Waals surface area contributed by atoms with Gasteiger partial charge in [-0.3, -0.25) is 0 Å². The average Bonchev–Trinajstić information content (AvgIpc) is 2.45. The molecule has 2 aromatic rings. The van der Waals surface area contributed by atoms with Crippen LogP contribution in [0.3, 0.4) is 0 Å². The Morgan fingerprint density at radius 1 is 1.14 bits per heavy atom. The van der Waals surface area contributed by atoms with Gasteiger partial charge >= 0.3 is 6.18 Å². The van der Waals surface area contributed by atoms with Gasteiger partial charge in [-0.25, -0.2) is 4.98 Å². The van der Waals surface area contributed by atoms with Crippen molar-refractivity contribution in [2.24, 2.45) is 5.73 Å². The van der Waals surface area contributed by atoms with E-state index in [4.69, 9.17) is 18.0 Å². The summed E-state index contributed by atoms with van der Waals surface area (Å²) in [5, 5.41) is 0. The average molecular weight is 311 g/mol. The van der Waals surface area contributed by atoms with E-state index >= 15 is 0 Å². The Kier molecular flexibility index (Phi) is 4.13. The van der Waals surface area contributed by atoms with Crippen molar-refractivity contribution in [1.29, 1.82) is 0 Å². The topological polar surface area (TPSA) is 42.2 Å². The Bertz CT molecular complexity index is 671. The monoisotopic (exact) mass is 311 g/mol. The van der Waals surface area contributed by atoms with Crippen LogP contribution in [0.1, 0.15) is 11.3 Å². The zero-order chi connectivity index (χ0) is 15.6. The number of anilines is 2. The highest BCUT2D eigenvalue weighted by Gasteiger charge is 2.32. The second kappa shape index (κ2) is 5.69. The van der Waals surface area contributed by atoms with E-state index < -0.39 is 11.9 Å². The predicted molar refractivity (Wildman–Crippen MR) is 79.6 cm³/mol. The summed E-state index contributed by atoms with van der Waals surface area (Å²) in [6, 6.07) is 10.7. The number of aromatic nitrogens is 1. The highest BCUT2D eigenvalue weighted by atomic mass is 32.1. The lowest BCUT2D eigenvalue weighted by Crippen LogP contribution is -2.19. The number of benzene rings is 1. The molecule has 110 valence electrons. The lowest BCUT2D eigenvalue weighted by atomic mass is 10.1. The summed E-state index contributed by atoms with van der Waals surface area (Å²) in [4.78, 5) is 5.33. The molecule has 0 fully saturated rings. The van der Waals surface area contributed by atoms with Crippen LogP contribution in [0.5, 0.6) is 0 Å². The van der Waals surface area contributed by atoms with Gasteiger partial charge < -0.3 is 10.6 Å². The number of para-hydroxylation sites is 1. The SMILES string of the molecule is CN(c1cccc(C(F)(F)F)n1)c1ccccc1C(N)=S. The normalized spacial score (nSPS) is 11.2. The van der Waals surface area contributed by atoms with E-state index in [0.717, 1.165) is 6.07 Å². The van der Waals surface area contributed by atoms with Gasteiger partial charge in [0.05, 0.1) is 5.69 Å². The molecule has 0 saturated heterocycles. The molecule has 2 N–H and O–H groups in total. The van der Waals surface area contributed by atoms with Gasteiger partial charge in [-0.05, 0) is 24.3 Å². The molecule has 0 radical (unpaired) electrons. The van der Waals surface area contributed by atoms with E-state index in [1.165, 1.54) is 17.0 Å². The largest absolute Gasteiger partial charge is 0.433 e. The van der Waals surface area contributed by atoms with Gasteiger partial charge in [-0.15, -0.1) is 0 Å². The van der Waals surface area contributed by atoms with Crippen LogP contribution in [0.2, 0.25) is 0 Å². The summed E-state index contributed by atoms with van der Waals surface area (Å²) in [5.41, 5.74) is 5.86. The molecule has 0 bridgehead atoms. The molecule has 0 aliphatic heterocycles. The molecule has 1 aromatic heterocycles. The van der Waals surface area contributed by atoms with Gasteiger partial charge in [0.2, 0.25) is 0 Å². The molecular weight excluding hydrogens is 299 g/mol. The standard InChI is InChI=1S/C14H12F3N3S/c1-20(10-6-3-2-5-9(10)13(18)21)12-8-4-7-11(19-12)14(15,16)17/h2-8H,1H3,(H2,18,21). The Labute approximate surface area is 125 Å². The molecule has 1 aromatic carbocycles. The number of hydrogen-bond donors (Lipinski definition) is 1. The molecule has 0 spiro atoms. The smallest absolute Gasteiger partial charge is 0.389 e. The molecule has 0 saturated carbocycles. The number of thiocarbonyl (C=S) groups is 1. The summed E-state index contributed by atoms with van der Waals surface area (Å²) in [6.45, 7) is 0. The van der Waals surface area contributed by atoms with E-state index in [9.17, 15) is 13.2 Å². The number of alkyl halides is 3. The van der Waals surface area contributed by atoms with Crippen LogP contribution in [-0.4, -0.2) is 17.0 Å². The number of nitrogens with two attached hydrogens (primary N) is 1. The van der Waals surface area contributed by atoms with Crippen molar-refractivity contribution in [3.05, 3.63) is 53.7 Å². The van der Waals surface area contributed by atoms with E-state index in [1.807, 2.05) is 0 Å². The zero-order valence-electron chi connectivity index (χ0n) is 11.1. The van der Waals surface area contributed by atoms with Crippen LogP contribution in [-0.2, 0) is 6.18 Å². The Hall–Kier alpha value is -2.15. The maximum atomic E-state index is 12.7. The molecular formula is C14H12F3N3S. The zero-order valence-corrected chi connectivity index (χ0v) is 11.9. The van der Waals surface area contributed by atoms with Crippen LogP contribution in [0, 0.1) is 0 Å². The van der Waals surface area contributed by atoms with Crippen molar-refractivity contribution in [3.63, 3.8) is 0 Å². The molecule has 2 rings (SSSR count). The Balaban J connectivity index is 2.46. The number of pyridine rings is 1. The molecule has 0 atom stereocenters. The van der Waals surface area contributed by atoms with E-state index in [-0.39, 0.29) is 10.8 Å². The van der Waals surface area contributed by atoms with Crippen molar-refractivity contribution in [2.75, 3.05) is 11.9 Å². The number of rotatable bonds is 3. The van der Waals surface area contributed by atoms with Crippen molar-refractivity contribution < 1.29 is 13.2 Å². The summed E-state index contributed by atoms with van der Waals surface area (Å²) < 4.78 is 38.2. The summed E-state index contributed by atoms with van der Waals surface area (Å²) in [5.74, 6) is 0.161. The van der Waals surface area contributed by atoms with E-state index in [2.05, 4.69) is 4.98 Å². The molecule has 1 heterocycles. The number of hydrogen-bond acceptors (Lipinski definition) is 3. The van der Waals surface area contributed by atoms with Crippen LogP contribution in [0.15, 0.2) is 42.5 Å². The first-order valence-corrected chi connectivity index (χ1v) is 6.38. The number of halogens is 3. The van der Waals surface area contributed by atoms with E-state index in [0.29, 0.717) is 11.3 Å². The highest BCUT2D eigenvalue weighted by Crippen LogP contribution is 2.31. The van der Waals surface area contributed by atoms with E-state index in [1.54, 1.807) is 31.3 Å². The van der Waals surface area contributed by atoms with Crippen LogP contribution < -0.4 is 10.6 Å². The number of nitrogens with zero attached hydrogens (tertiary/aromatic N) is 2. The molecule has 7 heteroatoms. The molecule has 0 aliphatic carbocycles. The molecule has 21 heavy (non-hydrogen) atoms. The summed E-state index contributed by atoms with van der Waals surface area (Å²) in [6.07, 6.45) is -4.49. The second-order valence-corrected chi connectivity index (χ2v) is 4.76. The fourth-order valence-corrected chi connectivity index (χ4v) is 2.04. The molecule has 0 aliphatic rings. The first-order valence-electron chi connectivity index (χ1n) is 5.97. The van der Waals surface area contributed by atoms with Crippen molar-refractivity contribution in [3.8, 4) is 0 Å². The van der Waals surface area contributed by atoms with Crippen LogP contribution >= 0.6 is 12.2 Å². The Morgan fingerprint density at radius 2 is 1.81 bits per heavy atom. The second-order valence-electron chi connectivity index (χ2n) is 4.32. The quantitative estimate of drug-likeness (QED) is 0.881. The predicted octanol–water partition coefficient (Wildman–Crippen LogP) is 3.50. The minimum Gasteiger partial charge on any atom is -0.389 e. The van der Waals surface area contributed by atoms with Gasteiger partial charge in [-0.2, -0.15) is 13.2 Å². The van der Waals surface area contributed by atoms with Gasteiger partial charge in [0.25, 0.3) is 0 Å². The maximum absolute atomic E-state index is 12.7. The third-order valence-corrected chi connectivity index (χ3v) is 3.12. The third-order valence-electron chi connectivity index (χ3n) is 2.90. The maximum Gasteiger partial charge on any atom is 0.433 e. The third kappa shape index (κ3) is 3.30. The van der Waals surface area contributed by atoms with Gasteiger partial charge in [-0.1, -0.05) is 30.4 Å². The Morgan fingerprint density at radius 3 is 2.43 bits per heavy atom. The first kappa shape index (κ1) is 15.2. The van der Waals surface area contributed by atoms with Gasteiger partial charge in [0, 0.05) is 12.6 Å². The highest BCUT2D eigenvalue weighted by molar-refractivity contribution is 7.80. The van der Waals surface area contributed by atoms with Gasteiger partial charge in [0.15, 0.2) is 0 Å².